The fourth-order valence-electron chi connectivity index (χ4n) is 1.75. The molecule has 0 spiro atoms. The molecule has 0 saturated heterocycles. The van der Waals surface area contributed by atoms with Crippen molar-refractivity contribution in [1.82, 2.24) is 15.1 Å². The molecule has 20 heavy (non-hydrogen) atoms. The van der Waals surface area contributed by atoms with Gasteiger partial charge in [-0.25, -0.2) is 4.98 Å². The van der Waals surface area contributed by atoms with Crippen molar-refractivity contribution >= 4 is 17.2 Å². The molecule has 2 heterocycles. The number of hydrogen-bond donors (Lipinski definition) is 1. The van der Waals surface area contributed by atoms with Gasteiger partial charge in [0.1, 0.15) is 4.88 Å². The zero-order chi connectivity index (χ0) is 14.1. The van der Waals surface area contributed by atoms with Gasteiger partial charge < -0.3 is 10.3 Å². The van der Waals surface area contributed by atoms with Gasteiger partial charge in [-0.05, 0) is 6.92 Å². The number of carbonyl (C=O) groups excluding carboxylic acids is 1. The Morgan fingerprint density at radius 1 is 1.25 bits per heavy atom. The summed E-state index contributed by atoms with van der Waals surface area (Å²) >= 11 is 1.15. The third kappa shape index (κ3) is 2.19. The van der Waals surface area contributed by atoms with Gasteiger partial charge in [0.25, 0.3) is 11.8 Å². The number of aromatic nitrogens is 3. The van der Waals surface area contributed by atoms with E-state index in [0.29, 0.717) is 22.3 Å². The highest BCUT2D eigenvalue weighted by Gasteiger charge is 2.21. The SMILES string of the molecule is Cc1noc(-c2sc(C(N)=O)nc2-c2ccccc2)n1. The number of amides is 1. The van der Waals surface area contributed by atoms with Crippen LogP contribution in [0.5, 0.6) is 0 Å². The summed E-state index contributed by atoms with van der Waals surface area (Å²) in [7, 11) is 0. The highest BCUT2D eigenvalue weighted by Crippen LogP contribution is 2.35. The Morgan fingerprint density at radius 2 is 2.00 bits per heavy atom. The van der Waals surface area contributed by atoms with Gasteiger partial charge in [0.2, 0.25) is 0 Å². The second kappa shape index (κ2) is 4.86. The number of aryl methyl sites for hydroxylation is 1. The van der Waals surface area contributed by atoms with Gasteiger partial charge in [-0.1, -0.05) is 35.5 Å². The normalized spacial score (nSPS) is 10.7. The number of primary amides is 1. The van der Waals surface area contributed by atoms with Crippen LogP contribution in [0.3, 0.4) is 0 Å². The van der Waals surface area contributed by atoms with E-state index in [1.165, 1.54) is 0 Å². The van der Waals surface area contributed by atoms with E-state index in [9.17, 15) is 4.79 Å². The maximum Gasteiger partial charge on any atom is 0.277 e. The average molecular weight is 286 g/mol. The maximum absolute atomic E-state index is 11.3. The van der Waals surface area contributed by atoms with Crippen LogP contribution in [0.1, 0.15) is 15.6 Å². The molecule has 1 aromatic carbocycles. The predicted molar refractivity (Wildman–Crippen MR) is 74.1 cm³/mol. The summed E-state index contributed by atoms with van der Waals surface area (Å²) in [5.74, 6) is 0.286. The van der Waals surface area contributed by atoms with Gasteiger partial charge in [0.15, 0.2) is 10.8 Å². The highest BCUT2D eigenvalue weighted by atomic mass is 32.1. The summed E-state index contributed by atoms with van der Waals surface area (Å²) in [5.41, 5.74) is 6.78. The molecule has 0 aliphatic heterocycles. The lowest BCUT2D eigenvalue weighted by molar-refractivity contribution is 0.1000. The average Bonchev–Trinajstić information content (AvgIpc) is 3.05. The Kier molecular flexibility index (Phi) is 3.03. The molecular weight excluding hydrogens is 276 g/mol. The van der Waals surface area contributed by atoms with Crippen LogP contribution in [0.2, 0.25) is 0 Å². The maximum atomic E-state index is 11.3. The van der Waals surface area contributed by atoms with Crippen LogP contribution in [0.4, 0.5) is 0 Å². The molecule has 0 bridgehead atoms. The van der Waals surface area contributed by atoms with E-state index in [2.05, 4.69) is 15.1 Å². The van der Waals surface area contributed by atoms with Crippen molar-refractivity contribution in [3.05, 3.63) is 41.2 Å². The number of hydrogen-bond acceptors (Lipinski definition) is 6. The van der Waals surface area contributed by atoms with Gasteiger partial charge in [0.05, 0.1) is 5.69 Å². The molecular formula is C13H10N4O2S. The van der Waals surface area contributed by atoms with Crippen molar-refractivity contribution in [2.75, 3.05) is 0 Å². The van der Waals surface area contributed by atoms with Gasteiger partial charge >= 0.3 is 0 Å². The fraction of sp³-hybridized carbons (Fsp3) is 0.0769. The Bertz CT molecular complexity index is 764. The van der Waals surface area contributed by atoms with Crippen LogP contribution in [0.15, 0.2) is 34.9 Å². The highest BCUT2D eigenvalue weighted by molar-refractivity contribution is 7.17. The van der Waals surface area contributed by atoms with E-state index in [1.807, 2.05) is 30.3 Å². The third-order valence-electron chi connectivity index (χ3n) is 2.61. The van der Waals surface area contributed by atoms with Crippen LogP contribution in [0.25, 0.3) is 22.0 Å². The van der Waals surface area contributed by atoms with Gasteiger partial charge in [-0.2, -0.15) is 4.98 Å². The zero-order valence-electron chi connectivity index (χ0n) is 10.5. The first-order valence-electron chi connectivity index (χ1n) is 5.82. The van der Waals surface area contributed by atoms with Crippen LogP contribution < -0.4 is 5.73 Å². The van der Waals surface area contributed by atoms with Crippen molar-refractivity contribution in [3.8, 4) is 22.0 Å². The minimum Gasteiger partial charge on any atom is -0.364 e. The summed E-state index contributed by atoms with van der Waals surface area (Å²) < 4.78 is 5.16. The van der Waals surface area contributed by atoms with E-state index in [-0.39, 0.29) is 5.01 Å². The Morgan fingerprint density at radius 3 is 2.60 bits per heavy atom. The summed E-state index contributed by atoms with van der Waals surface area (Å²) in [6.45, 7) is 1.73. The number of thiazole rings is 1. The summed E-state index contributed by atoms with van der Waals surface area (Å²) in [4.78, 5) is 20.4. The molecule has 0 radical (unpaired) electrons. The molecule has 3 aromatic rings. The largest absolute Gasteiger partial charge is 0.364 e. The number of carbonyl (C=O) groups is 1. The molecule has 6 nitrogen and oxygen atoms in total. The molecule has 3 rings (SSSR count). The first-order chi connectivity index (χ1) is 9.65. The van der Waals surface area contributed by atoms with E-state index in [1.54, 1.807) is 6.92 Å². The molecule has 0 aliphatic rings. The lowest BCUT2D eigenvalue weighted by atomic mass is 10.1. The molecule has 0 aliphatic carbocycles. The fourth-order valence-corrected chi connectivity index (χ4v) is 2.61. The molecule has 1 amide bonds. The molecule has 0 saturated carbocycles. The first kappa shape index (κ1) is 12.5. The van der Waals surface area contributed by atoms with Crippen LogP contribution in [0, 0.1) is 6.92 Å². The second-order valence-electron chi connectivity index (χ2n) is 4.07. The Balaban J connectivity index is 2.20. The lowest BCUT2D eigenvalue weighted by Gasteiger charge is -1.97. The summed E-state index contributed by atoms with van der Waals surface area (Å²) in [5, 5.41) is 3.98. The van der Waals surface area contributed by atoms with E-state index in [4.69, 9.17) is 10.3 Å². The minimum absolute atomic E-state index is 0.217. The molecule has 0 atom stereocenters. The van der Waals surface area contributed by atoms with E-state index < -0.39 is 5.91 Å². The van der Waals surface area contributed by atoms with Gasteiger partial charge in [0, 0.05) is 5.56 Å². The molecule has 0 fully saturated rings. The van der Waals surface area contributed by atoms with Crippen molar-refractivity contribution in [1.29, 1.82) is 0 Å². The standard InChI is InChI=1S/C13H10N4O2S/c1-7-15-12(19-17-7)10-9(8-5-3-2-4-6-8)16-13(20-10)11(14)18/h2-6H,1H3,(H2,14,18). The predicted octanol–water partition coefficient (Wildman–Crippen LogP) is 2.27. The Labute approximate surface area is 118 Å². The van der Waals surface area contributed by atoms with Crippen molar-refractivity contribution in [2.24, 2.45) is 5.73 Å². The second-order valence-corrected chi connectivity index (χ2v) is 5.07. The smallest absolute Gasteiger partial charge is 0.277 e. The van der Waals surface area contributed by atoms with Crippen molar-refractivity contribution in [3.63, 3.8) is 0 Å². The third-order valence-corrected chi connectivity index (χ3v) is 3.66. The first-order valence-corrected chi connectivity index (χ1v) is 6.63. The number of benzene rings is 1. The quantitative estimate of drug-likeness (QED) is 0.796. The monoisotopic (exact) mass is 286 g/mol. The van der Waals surface area contributed by atoms with Gasteiger partial charge in [-0.3, -0.25) is 4.79 Å². The van der Waals surface area contributed by atoms with E-state index in [0.717, 1.165) is 16.9 Å². The van der Waals surface area contributed by atoms with Crippen molar-refractivity contribution in [2.45, 2.75) is 6.92 Å². The van der Waals surface area contributed by atoms with Crippen molar-refractivity contribution < 1.29 is 9.32 Å². The number of rotatable bonds is 3. The van der Waals surface area contributed by atoms with Crippen LogP contribution in [-0.4, -0.2) is 21.0 Å². The lowest BCUT2D eigenvalue weighted by Crippen LogP contribution is -2.10. The van der Waals surface area contributed by atoms with Crippen LogP contribution >= 0.6 is 11.3 Å². The summed E-state index contributed by atoms with van der Waals surface area (Å²) in [6.07, 6.45) is 0. The molecule has 7 heteroatoms. The minimum atomic E-state index is -0.574. The molecule has 2 N–H and O–H groups in total. The Hall–Kier alpha value is -2.54. The van der Waals surface area contributed by atoms with Gasteiger partial charge in [-0.15, -0.1) is 11.3 Å². The molecule has 2 aromatic heterocycles. The number of nitrogens with two attached hydrogens (primary N) is 1. The number of nitrogens with zero attached hydrogens (tertiary/aromatic N) is 3. The molecule has 100 valence electrons. The topological polar surface area (TPSA) is 94.9 Å². The van der Waals surface area contributed by atoms with Crippen LogP contribution in [-0.2, 0) is 0 Å². The zero-order valence-corrected chi connectivity index (χ0v) is 11.3. The van der Waals surface area contributed by atoms with E-state index >= 15 is 0 Å². The summed E-state index contributed by atoms with van der Waals surface area (Å²) in [6, 6.07) is 9.48. The molecule has 0 unspecified atom stereocenters.